The minimum atomic E-state index is -0.430. The van der Waals surface area contributed by atoms with Crippen LogP contribution < -0.4 is 4.90 Å². The topological polar surface area (TPSA) is 51.0 Å². The zero-order valence-electron chi connectivity index (χ0n) is 10.4. The smallest absolute Gasteiger partial charge is 0.278 e. The summed E-state index contributed by atoms with van der Waals surface area (Å²) in [5.74, 6) is -0.786. The highest BCUT2D eigenvalue weighted by Gasteiger charge is 2.19. The number of anilines is 1. The molecular weight excluding hydrogens is 235 g/mol. The third kappa shape index (κ3) is 2.09. The lowest BCUT2D eigenvalue weighted by atomic mass is 10.2. The maximum absolute atomic E-state index is 13.8. The Labute approximate surface area is 104 Å². The van der Waals surface area contributed by atoms with Gasteiger partial charge in [-0.3, -0.25) is 4.79 Å². The zero-order chi connectivity index (χ0) is 13.3. The van der Waals surface area contributed by atoms with Gasteiger partial charge in [0.1, 0.15) is 11.5 Å². The Kier molecular flexibility index (Phi) is 3.10. The van der Waals surface area contributed by atoms with Gasteiger partial charge in [-0.25, -0.2) is 9.07 Å². The van der Waals surface area contributed by atoms with Gasteiger partial charge in [-0.05, 0) is 24.6 Å². The van der Waals surface area contributed by atoms with Crippen LogP contribution in [0.5, 0.6) is 0 Å². The summed E-state index contributed by atoms with van der Waals surface area (Å²) in [5, 5.41) is 7.30. The molecule has 1 heterocycles. The lowest BCUT2D eigenvalue weighted by Crippen LogP contribution is -2.29. The second-order valence-corrected chi connectivity index (χ2v) is 4.06. The SMILES string of the molecule is Cc1ccc(N(C)C(=O)c2cnnn2C)c(F)c1. The van der Waals surface area contributed by atoms with Gasteiger partial charge >= 0.3 is 0 Å². The summed E-state index contributed by atoms with van der Waals surface area (Å²) in [4.78, 5) is 13.4. The Morgan fingerprint density at radius 1 is 1.44 bits per heavy atom. The van der Waals surface area contributed by atoms with E-state index in [2.05, 4.69) is 10.3 Å². The maximum Gasteiger partial charge on any atom is 0.278 e. The quantitative estimate of drug-likeness (QED) is 0.810. The predicted octanol–water partition coefficient (Wildman–Crippen LogP) is 1.54. The number of hydrogen-bond donors (Lipinski definition) is 0. The van der Waals surface area contributed by atoms with Gasteiger partial charge in [0.25, 0.3) is 5.91 Å². The van der Waals surface area contributed by atoms with Crippen LogP contribution in [0.15, 0.2) is 24.4 Å². The van der Waals surface area contributed by atoms with Gasteiger partial charge in [0.05, 0.1) is 11.9 Å². The summed E-state index contributed by atoms with van der Waals surface area (Å²) in [6.45, 7) is 1.79. The molecule has 0 atom stereocenters. The van der Waals surface area contributed by atoms with Gasteiger partial charge in [0.15, 0.2) is 0 Å². The van der Waals surface area contributed by atoms with Crippen molar-refractivity contribution in [2.24, 2.45) is 7.05 Å². The first-order valence-corrected chi connectivity index (χ1v) is 5.39. The van der Waals surface area contributed by atoms with Crippen LogP contribution in [0, 0.1) is 12.7 Å². The number of rotatable bonds is 2. The van der Waals surface area contributed by atoms with E-state index in [4.69, 9.17) is 0 Å². The van der Waals surface area contributed by atoms with E-state index in [1.165, 1.54) is 28.9 Å². The Bertz CT molecular complexity index is 594. The van der Waals surface area contributed by atoms with Crippen molar-refractivity contribution in [1.82, 2.24) is 15.0 Å². The summed E-state index contributed by atoms with van der Waals surface area (Å²) in [5.41, 5.74) is 1.34. The van der Waals surface area contributed by atoms with Crippen LogP contribution in [0.2, 0.25) is 0 Å². The standard InChI is InChI=1S/C12H13FN4O/c1-8-4-5-10(9(13)6-8)16(2)12(18)11-7-14-15-17(11)3/h4-7H,1-3H3. The van der Waals surface area contributed by atoms with E-state index in [0.29, 0.717) is 5.69 Å². The average molecular weight is 248 g/mol. The van der Waals surface area contributed by atoms with Crippen LogP contribution in [0.3, 0.4) is 0 Å². The molecule has 1 amide bonds. The number of carbonyl (C=O) groups excluding carboxylic acids is 1. The van der Waals surface area contributed by atoms with Crippen molar-refractivity contribution in [3.63, 3.8) is 0 Å². The number of nitrogens with zero attached hydrogens (tertiary/aromatic N) is 4. The first kappa shape index (κ1) is 12.2. The fraction of sp³-hybridized carbons (Fsp3) is 0.250. The summed E-state index contributed by atoms with van der Waals surface area (Å²) in [6.07, 6.45) is 1.35. The van der Waals surface area contributed by atoms with Gasteiger partial charge in [-0.2, -0.15) is 0 Å². The number of aromatic nitrogens is 3. The lowest BCUT2D eigenvalue weighted by Gasteiger charge is -2.17. The molecular formula is C12H13FN4O. The molecule has 1 aromatic heterocycles. The van der Waals surface area contributed by atoms with Crippen molar-refractivity contribution in [3.8, 4) is 0 Å². The van der Waals surface area contributed by atoms with Crippen molar-refractivity contribution >= 4 is 11.6 Å². The molecule has 2 rings (SSSR count). The van der Waals surface area contributed by atoms with E-state index in [-0.39, 0.29) is 11.6 Å². The molecule has 0 aliphatic heterocycles. The third-order valence-corrected chi connectivity index (χ3v) is 2.70. The molecule has 18 heavy (non-hydrogen) atoms. The number of amides is 1. The predicted molar refractivity (Wildman–Crippen MR) is 64.9 cm³/mol. The van der Waals surface area contributed by atoms with Crippen molar-refractivity contribution in [2.75, 3.05) is 11.9 Å². The molecule has 0 aliphatic rings. The number of aryl methyl sites for hydroxylation is 2. The molecule has 6 heteroatoms. The summed E-state index contributed by atoms with van der Waals surface area (Å²) >= 11 is 0. The molecule has 2 aromatic rings. The monoisotopic (exact) mass is 248 g/mol. The highest BCUT2D eigenvalue weighted by molar-refractivity contribution is 6.04. The van der Waals surface area contributed by atoms with Crippen molar-refractivity contribution < 1.29 is 9.18 Å². The molecule has 0 bridgehead atoms. The van der Waals surface area contributed by atoms with Crippen LogP contribution in [0.25, 0.3) is 0 Å². The second-order valence-electron chi connectivity index (χ2n) is 4.06. The molecule has 1 aromatic carbocycles. The van der Waals surface area contributed by atoms with E-state index in [1.807, 2.05) is 0 Å². The minimum Gasteiger partial charge on any atom is -0.307 e. The Hall–Kier alpha value is -2.24. The molecule has 0 saturated carbocycles. The number of benzene rings is 1. The normalized spacial score (nSPS) is 10.4. The highest BCUT2D eigenvalue weighted by atomic mass is 19.1. The lowest BCUT2D eigenvalue weighted by molar-refractivity contribution is 0.0983. The summed E-state index contributed by atoms with van der Waals surface area (Å²) in [7, 11) is 3.13. The largest absolute Gasteiger partial charge is 0.307 e. The van der Waals surface area contributed by atoms with E-state index in [9.17, 15) is 9.18 Å². The molecule has 5 nitrogen and oxygen atoms in total. The molecule has 0 spiro atoms. The Morgan fingerprint density at radius 3 is 2.72 bits per heavy atom. The molecule has 0 radical (unpaired) electrons. The van der Waals surface area contributed by atoms with E-state index < -0.39 is 5.82 Å². The minimum absolute atomic E-state index is 0.229. The van der Waals surface area contributed by atoms with Gasteiger partial charge < -0.3 is 4.90 Å². The summed E-state index contributed by atoms with van der Waals surface area (Å²) < 4.78 is 15.1. The van der Waals surface area contributed by atoms with Crippen LogP contribution in [-0.4, -0.2) is 27.9 Å². The third-order valence-electron chi connectivity index (χ3n) is 2.70. The Morgan fingerprint density at radius 2 is 2.17 bits per heavy atom. The molecule has 0 N–H and O–H groups in total. The number of hydrogen-bond acceptors (Lipinski definition) is 3. The average Bonchev–Trinajstić information content (AvgIpc) is 2.74. The fourth-order valence-electron chi connectivity index (χ4n) is 1.65. The van der Waals surface area contributed by atoms with E-state index in [1.54, 1.807) is 26.1 Å². The van der Waals surface area contributed by atoms with Crippen LogP contribution in [-0.2, 0) is 7.05 Å². The van der Waals surface area contributed by atoms with Gasteiger partial charge in [0, 0.05) is 14.1 Å². The maximum atomic E-state index is 13.8. The fourth-order valence-corrected chi connectivity index (χ4v) is 1.65. The van der Waals surface area contributed by atoms with Crippen LogP contribution in [0.4, 0.5) is 10.1 Å². The second kappa shape index (κ2) is 4.56. The van der Waals surface area contributed by atoms with Gasteiger partial charge in [-0.15, -0.1) is 5.10 Å². The zero-order valence-corrected chi connectivity index (χ0v) is 10.4. The van der Waals surface area contributed by atoms with Gasteiger partial charge in [-0.1, -0.05) is 11.3 Å². The van der Waals surface area contributed by atoms with Crippen molar-refractivity contribution in [3.05, 3.63) is 41.5 Å². The Balaban J connectivity index is 2.34. The summed E-state index contributed by atoms with van der Waals surface area (Å²) in [6, 6.07) is 4.72. The molecule has 0 fully saturated rings. The van der Waals surface area contributed by atoms with Crippen LogP contribution >= 0.6 is 0 Å². The van der Waals surface area contributed by atoms with Gasteiger partial charge in [0.2, 0.25) is 0 Å². The number of halogens is 1. The first-order chi connectivity index (χ1) is 8.50. The van der Waals surface area contributed by atoms with E-state index >= 15 is 0 Å². The first-order valence-electron chi connectivity index (χ1n) is 5.39. The van der Waals surface area contributed by atoms with E-state index in [0.717, 1.165) is 5.56 Å². The molecule has 94 valence electrons. The van der Waals surface area contributed by atoms with Crippen molar-refractivity contribution in [1.29, 1.82) is 0 Å². The molecule has 0 unspecified atom stereocenters. The number of carbonyl (C=O) groups is 1. The van der Waals surface area contributed by atoms with Crippen LogP contribution in [0.1, 0.15) is 16.1 Å². The molecule has 0 saturated heterocycles. The van der Waals surface area contributed by atoms with Crippen molar-refractivity contribution in [2.45, 2.75) is 6.92 Å². The molecule has 0 aliphatic carbocycles. The highest BCUT2D eigenvalue weighted by Crippen LogP contribution is 2.20.